The molecule has 0 aromatic heterocycles. The molecule has 1 atom stereocenters. The summed E-state index contributed by atoms with van der Waals surface area (Å²) < 4.78 is 23.9. The van der Waals surface area contributed by atoms with Gasteiger partial charge in [0.05, 0.1) is 19.2 Å². The van der Waals surface area contributed by atoms with Gasteiger partial charge in [-0.1, -0.05) is 6.92 Å². The minimum Gasteiger partial charge on any atom is -0.487 e. The molecule has 1 heterocycles. The fourth-order valence-electron chi connectivity index (χ4n) is 2.10. The highest BCUT2D eigenvalue weighted by atomic mass is 19.1. The number of urea groups is 1. The largest absolute Gasteiger partial charge is 0.487 e. The number of rotatable bonds is 7. The summed E-state index contributed by atoms with van der Waals surface area (Å²) in [6.45, 7) is 6.26. The van der Waals surface area contributed by atoms with E-state index in [1.165, 1.54) is 12.1 Å². The van der Waals surface area contributed by atoms with Crippen LogP contribution in [-0.2, 0) is 4.74 Å². The van der Waals surface area contributed by atoms with E-state index in [2.05, 4.69) is 5.32 Å². The van der Waals surface area contributed by atoms with Gasteiger partial charge in [0, 0.05) is 13.2 Å². The van der Waals surface area contributed by atoms with Crippen LogP contribution < -0.4 is 10.1 Å². The van der Waals surface area contributed by atoms with Crippen LogP contribution in [0.3, 0.4) is 0 Å². The number of nitrogens with one attached hydrogen (secondary N) is 1. The Morgan fingerprint density at radius 1 is 1.41 bits per heavy atom. The highest BCUT2D eigenvalue weighted by molar-refractivity contribution is 5.75. The number of hydrogen-bond acceptors (Lipinski definition) is 3. The van der Waals surface area contributed by atoms with E-state index in [4.69, 9.17) is 9.47 Å². The van der Waals surface area contributed by atoms with E-state index in [-0.39, 0.29) is 24.1 Å². The summed E-state index contributed by atoms with van der Waals surface area (Å²) in [6.07, 6.45) is 0.939. The van der Waals surface area contributed by atoms with Crippen molar-refractivity contribution in [3.63, 3.8) is 0 Å². The first-order valence-electron chi connectivity index (χ1n) is 7.65. The Labute approximate surface area is 130 Å². The van der Waals surface area contributed by atoms with E-state index in [0.717, 1.165) is 6.42 Å². The van der Waals surface area contributed by atoms with E-state index in [9.17, 15) is 9.18 Å². The molecule has 1 saturated heterocycles. The number of carbonyl (C=O) groups excluding carboxylic acids is 1. The molecule has 122 valence electrons. The van der Waals surface area contributed by atoms with Gasteiger partial charge < -0.3 is 19.7 Å². The monoisotopic (exact) mass is 310 g/mol. The number of halogens is 1. The average molecular weight is 310 g/mol. The minimum atomic E-state index is -0.290. The summed E-state index contributed by atoms with van der Waals surface area (Å²) in [4.78, 5) is 13.6. The fraction of sp³-hybridized carbons (Fsp3) is 0.562. The van der Waals surface area contributed by atoms with E-state index < -0.39 is 0 Å². The van der Waals surface area contributed by atoms with Gasteiger partial charge >= 0.3 is 6.03 Å². The number of likely N-dealkylation sites (tertiary alicyclic amines) is 1. The first-order chi connectivity index (χ1) is 10.6. The summed E-state index contributed by atoms with van der Waals surface area (Å²) in [6, 6.07) is 5.79. The second-order valence-electron chi connectivity index (χ2n) is 5.47. The van der Waals surface area contributed by atoms with Gasteiger partial charge in [-0.25, -0.2) is 9.18 Å². The Morgan fingerprint density at radius 3 is 2.73 bits per heavy atom. The molecule has 22 heavy (non-hydrogen) atoms. The third-order valence-electron chi connectivity index (χ3n) is 3.40. The van der Waals surface area contributed by atoms with Crippen LogP contribution in [0.4, 0.5) is 9.18 Å². The van der Waals surface area contributed by atoms with Crippen molar-refractivity contribution in [1.29, 1.82) is 0 Å². The van der Waals surface area contributed by atoms with Crippen LogP contribution in [0.5, 0.6) is 5.75 Å². The molecule has 6 heteroatoms. The Morgan fingerprint density at radius 2 is 2.09 bits per heavy atom. The van der Waals surface area contributed by atoms with Crippen LogP contribution in [0.25, 0.3) is 0 Å². The Kier molecular flexibility index (Phi) is 6.00. The van der Waals surface area contributed by atoms with Crippen molar-refractivity contribution in [3.05, 3.63) is 30.1 Å². The molecule has 0 bridgehead atoms. The third kappa shape index (κ3) is 4.87. The van der Waals surface area contributed by atoms with Gasteiger partial charge in [-0.05, 0) is 37.6 Å². The molecule has 0 unspecified atom stereocenters. The molecule has 2 amide bonds. The summed E-state index contributed by atoms with van der Waals surface area (Å²) in [5, 5.41) is 2.84. The summed E-state index contributed by atoms with van der Waals surface area (Å²) in [5.41, 5.74) is 0. The Bertz CT molecular complexity index is 475. The van der Waals surface area contributed by atoms with Crippen molar-refractivity contribution < 1.29 is 18.7 Å². The van der Waals surface area contributed by atoms with E-state index in [1.807, 2.05) is 13.8 Å². The highest BCUT2D eigenvalue weighted by Crippen LogP contribution is 2.18. The van der Waals surface area contributed by atoms with Crippen molar-refractivity contribution in [1.82, 2.24) is 10.2 Å². The van der Waals surface area contributed by atoms with Gasteiger partial charge in [0.25, 0.3) is 0 Å². The maximum absolute atomic E-state index is 12.8. The number of hydrogen-bond donors (Lipinski definition) is 1. The van der Waals surface area contributed by atoms with Crippen molar-refractivity contribution in [2.45, 2.75) is 32.5 Å². The zero-order chi connectivity index (χ0) is 15.9. The average Bonchev–Trinajstić information content (AvgIpc) is 2.47. The lowest BCUT2D eigenvalue weighted by Crippen LogP contribution is -2.59. The van der Waals surface area contributed by atoms with E-state index >= 15 is 0 Å². The van der Waals surface area contributed by atoms with Crippen LogP contribution in [0, 0.1) is 5.82 Å². The minimum absolute atomic E-state index is 0.0106. The van der Waals surface area contributed by atoms with Crippen molar-refractivity contribution in [2.75, 3.05) is 26.2 Å². The van der Waals surface area contributed by atoms with E-state index in [1.54, 1.807) is 17.0 Å². The quantitative estimate of drug-likeness (QED) is 0.841. The molecule has 0 saturated carbocycles. The second kappa shape index (κ2) is 7.98. The van der Waals surface area contributed by atoms with Gasteiger partial charge in [0.15, 0.2) is 0 Å². The molecule has 1 fully saturated rings. The number of benzene rings is 1. The number of nitrogens with zero attached hydrogens (tertiary/aromatic N) is 1. The lowest BCUT2D eigenvalue weighted by atomic mass is 10.2. The lowest BCUT2D eigenvalue weighted by Gasteiger charge is -2.39. The zero-order valence-corrected chi connectivity index (χ0v) is 13.0. The molecule has 1 aromatic carbocycles. The SMILES string of the molecule is CCCO[C@H](C)CNC(=O)N1CC(Oc2ccc(F)cc2)C1. The molecule has 0 radical (unpaired) electrons. The Balaban J connectivity index is 1.63. The van der Waals surface area contributed by atoms with Gasteiger partial charge in [-0.3, -0.25) is 0 Å². The summed E-state index contributed by atoms with van der Waals surface area (Å²) in [5.74, 6) is 0.328. The maximum Gasteiger partial charge on any atom is 0.317 e. The highest BCUT2D eigenvalue weighted by Gasteiger charge is 2.32. The summed E-state index contributed by atoms with van der Waals surface area (Å²) >= 11 is 0. The number of ether oxygens (including phenoxy) is 2. The molecular weight excluding hydrogens is 287 g/mol. The van der Waals surface area contributed by atoms with Crippen LogP contribution in [0.1, 0.15) is 20.3 Å². The van der Waals surface area contributed by atoms with E-state index in [0.29, 0.717) is 32.0 Å². The summed E-state index contributed by atoms with van der Waals surface area (Å²) in [7, 11) is 0. The maximum atomic E-state index is 12.8. The van der Waals surface area contributed by atoms with Crippen molar-refractivity contribution >= 4 is 6.03 Å². The molecule has 5 nitrogen and oxygen atoms in total. The van der Waals surface area contributed by atoms with Gasteiger partial charge in [0.2, 0.25) is 0 Å². The topological polar surface area (TPSA) is 50.8 Å². The molecule has 1 N–H and O–H groups in total. The first-order valence-corrected chi connectivity index (χ1v) is 7.65. The first kappa shape index (κ1) is 16.5. The van der Waals surface area contributed by atoms with Gasteiger partial charge in [0.1, 0.15) is 17.7 Å². The molecule has 1 aromatic rings. The molecule has 2 rings (SSSR count). The predicted octanol–water partition coefficient (Wildman–Crippen LogP) is 2.41. The normalized spacial score (nSPS) is 16.0. The standard InChI is InChI=1S/C16H23FN2O3/c1-3-8-21-12(2)9-18-16(20)19-10-15(11-19)22-14-6-4-13(17)5-7-14/h4-7,12,15H,3,8-11H2,1-2H3,(H,18,20)/t12-/m1/s1. The number of amides is 2. The zero-order valence-electron chi connectivity index (χ0n) is 13.0. The molecule has 1 aliphatic heterocycles. The second-order valence-corrected chi connectivity index (χ2v) is 5.47. The Hall–Kier alpha value is -1.82. The molecule has 0 aliphatic carbocycles. The lowest BCUT2D eigenvalue weighted by molar-refractivity contribution is 0.0388. The van der Waals surface area contributed by atoms with Crippen LogP contribution in [0.15, 0.2) is 24.3 Å². The van der Waals surface area contributed by atoms with Crippen LogP contribution in [0.2, 0.25) is 0 Å². The molecular formula is C16H23FN2O3. The predicted molar refractivity (Wildman–Crippen MR) is 81.5 cm³/mol. The fourth-order valence-corrected chi connectivity index (χ4v) is 2.10. The van der Waals surface area contributed by atoms with Crippen molar-refractivity contribution in [3.8, 4) is 5.75 Å². The van der Waals surface area contributed by atoms with Gasteiger partial charge in [-0.2, -0.15) is 0 Å². The molecule has 0 spiro atoms. The third-order valence-corrected chi connectivity index (χ3v) is 3.40. The molecule has 1 aliphatic rings. The van der Waals surface area contributed by atoms with Crippen molar-refractivity contribution in [2.24, 2.45) is 0 Å². The van der Waals surface area contributed by atoms with Crippen LogP contribution >= 0.6 is 0 Å². The van der Waals surface area contributed by atoms with Gasteiger partial charge in [-0.15, -0.1) is 0 Å². The number of carbonyl (C=O) groups is 1. The van der Waals surface area contributed by atoms with Crippen LogP contribution in [-0.4, -0.2) is 49.4 Å². The smallest absolute Gasteiger partial charge is 0.317 e.